The van der Waals surface area contributed by atoms with Gasteiger partial charge in [-0.3, -0.25) is 0 Å². The van der Waals surface area contributed by atoms with E-state index < -0.39 is 0 Å². The first-order chi connectivity index (χ1) is 8.81. The van der Waals surface area contributed by atoms with Crippen molar-refractivity contribution in [3.05, 3.63) is 54.3 Å². The molecular formula is C14H10FNOS. The highest BCUT2D eigenvalue weighted by atomic mass is 32.1. The van der Waals surface area contributed by atoms with E-state index in [0.717, 1.165) is 5.56 Å². The van der Waals surface area contributed by atoms with E-state index >= 15 is 0 Å². The summed E-state index contributed by atoms with van der Waals surface area (Å²) in [4.78, 5) is 3.60. The number of isothiocyanates is 1. The minimum atomic E-state index is -0.329. The average Bonchev–Trinajstić information content (AvgIpc) is 2.40. The molecule has 0 spiro atoms. The summed E-state index contributed by atoms with van der Waals surface area (Å²) < 4.78 is 19.1. The Bertz CT molecular complexity index is 580. The standard InChI is InChI=1S/C14H10FNOS/c15-14-8-12(17-9-16-10-18)6-7-13(14)11-4-2-1-3-5-11/h1-8H,9H2. The molecule has 0 saturated carbocycles. The van der Waals surface area contributed by atoms with Crippen LogP contribution in [0.5, 0.6) is 5.75 Å². The monoisotopic (exact) mass is 259 g/mol. The molecule has 18 heavy (non-hydrogen) atoms. The van der Waals surface area contributed by atoms with Gasteiger partial charge >= 0.3 is 0 Å². The Morgan fingerprint density at radius 3 is 2.61 bits per heavy atom. The lowest BCUT2D eigenvalue weighted by Crippen LogP contribution is -1.94. The van der Waals surface area contributed by atoms with E-state index in [0.29, 0.717) is 11.3 Å². The van der Waals surface area contributed by atoms with Crippen molar-refractivity contribution in [2.75, 3.05) is 6.73 Å². The summed E-state index contributed by atoms with van der Waals surface area (Å²) in [5.74, 6) is 0.0891. The highest BCUT2D eigenvalue weighted by Gasteiger charge is 2.06. The summed E-state index contributed by atoms with van der Waals surface area (Å²) in [7, 11) is 0. The van der Waals surface area contributed by atoms with Crippen LogP contribution in [0.15, 0.2) is 53.5 Å². The lowest BCUT2D eigenvalue weighted by Gasteiger charge is -2.06. The van der Waals surface area contributed by atoms with Crippen LogP contribution in [-0.2, 0) is 0 Å². The predicted octanol–water partition coefficient (Wildman–Crippen LogP) is 3.93. The number of nitrogens with zero attached hydrogens (tertiary/aromatic N) is 1. The molecule has 0 radical (unpaired) electrons. The number of benzene rings is 2. The second kappa shape index (κ2) is 6.05. The summed E-state index contributed by atoms with van der Waals surface area (Å²) in [5, 5.41) is 2.18. The van der Waals surface area contributed by atoms with E-state index in [2.05, 4.69) is 22.4 Å². The molecule has 2 aromatic carbocycles. The maximum Gasteiger partial charge on any atom is 0.188 e. The van der Waals surface area contributed by atoms with Gasteiger partial charge in [-0.05, 0) is 29.9 Å². The number of halogens is 1. The molecule has 0 fully saturated rings. The molecule has 0 aliphatic rings. The van der Waals surface area contributed by atoms with Crippen LogP contribution in [0.25, 0.3) is 11.1 Å². The third-order valence-corrected chi connectivity index (χ3v) is 2.51. The van der Waals surface area contributed by atoms with Gasteiger partial charge in [-0.2, -0.15) is 4.99 Å². The molecule has 4 heteroatoms. The quantitative estimate of drug-likeness (QED) is 0.613. The van der Waals surface area contributed by atoms with Gasteiger partial charge in [0.15, 0.2) is 6.73 Å². The predicted molar refractivity (Wildman–Crippen MR) is 72.4 cm³/mol. The number of thiocarbonyl (C=S) groups is 1. The van der Waals surface area contributed by atoms with E-state index in [1.165, 1.54) is 6.07 Å². The van der Waals surface area contributed by atoms with Gasteiger partial charge in [0.1, 0.15) is 11.6 Å². The Hall–Kier alpha value is -2.03. The van der Waals surface area contributed by atoms with Gasteiger partial charge in [0.05, 0.1) is 5.16 Å². The highest BCUT2D eigenvalue weighted by molar-refractivity contribution is 7.78. The van der Waals surface area contributed by atoms with Crippen molar-refractivity contribution < 1.29 is 9.13 Å². The zero-order chi connectivity index (χ0) is 12.8. The summed E-state index contributed by atoms with van der Waals surface area (Å²) in [6.07, 6.45) is 0. The number of rotatable bonds is 4. The van der Waals surface area contributed by atoms with Crippen LogP contribution in [0.3, 0.4) is 0 Å². The third-order valence-electron chi connectivity index (χ3n) is 2.39. The van der Waals surface area contributed by atoms with Crippen LogP contribution in [0.2, 0.25) is 0 Å². The Labute approximate surface area is 110 Å². The molecule has 0 aliphatic carbocycles. The maximum atomic E-state index is 13.9. The summed E-state index contributed by atoms with van der Waals surface area (Å²) in [5.41, 5.74) is 1.37. The minimum absolute atomic E-state index is 0.0492. The van der Waals surface area contributed by atoms with Gasteiger partial charge in [0.25, 0.3) is 0 Å². The van der Waals surface area contributed by atoms with Crippen molar-refractivity contribution in [3.8, 4) is 16.9 Å². The number of ether oxygens (including phenoxy) is 1. The van der Waals surface area contributed by atoms with Crippen molar-refractivity contribution >= 4 is 17.4 Å². The van der Waals surface area contributed by atoms with Gasteiger partial charge in [-0.25, -0.2) is 4.39 Å². The fourth-order valence-corrected chi connectivity index (χ4v) is 1.62. The first-order valence-corrected chi connectivity index (χ1v) is 5.73. The first kappa shape index (κ1) is 12.4. The Morgan fingerprint density at radius 2 is 1.94 bits per heavy atom. The SMILES string of the molecule is Fc1cc(OCN=C=S)ccc1-c1ccccc1. The molecule has 90 valence electrons. The molecule has 0 atom stereocenters. The lowest BCUT2D eigenvalue weighted by molar-refractivity contribution is 0.330. The molecule has 2 nitrogen and oxygen atoms in total. The van der Waals surface area contributed by atoms with Crippen molar-refractivity contribution in [1.82, 2.24) is 0 Å². The third kappa shape index (κ3) is 3.00. The largest absolute Gasteiger partial charge is 0.470 e. The molecule has 0 aromatic heterocycles. The molecule has 2 aromatic rings. The van der Waals surface area contributed by atoms with Crippen LogP contribution in [0.4, 0.5) is 4.39 Å². The molecule has 0 amide bonds. The van der Waals surface area contributed by atoms with E-state index in [1.54, 1.807) is 12.1 Å². The zero-order valence-corrected chi connectivity index (χ0v) is 10.3. The van der Waals surface area contributed by atoms with E-state index in [-0.39, 0.29) is 12.5 Å². The molecule has 0 bridgehead atoms. The van der Waals surface area contributed by atoms with Crippen LogP contribution in [0.1, 0.15) is 0 Å². The molecular weight excluding hydrogens is 249 g/mol. The molecule has 0 saturated heterocycles. The van der Waals surface area contributed by atoms with Crippen molar-refractivity contribution in [2.24, 2.45) is 4.99 Å². The Balaban J connectivity index is 2.23. The molecule has 2 rings (SSSR count). The Morgan fingerprint density at radius 1 is 1.17 bits per heavy atom. The van der Waals surface area contributed by atoms with Gasteiger partial charge in [-0.15, -0.1) is 0 Å². The van der Waals surface area contributed by atoms with E-state index in [9.17, 15) is 4.39 Å². The van der Waals surface area contributed by atoms with E-state index in [1.807, 2.05) is 30.3 Å². The van der Waals surface area contributed by atoms with Crippen LogP contribution < -0.4 is 4.74 Å². The van der Waals surface area contributed by atoms with Crippen molar-refractivity contribution in [3.63, 3.8) is 0 Å². The first-order valence-electron chi connectivity index (χ1n) is 5.32. The van der Waals surface area contributed by atoms with Gasteiger partial charge in [0.2, 0.25) is 0 Å². The second-order valence-electron chi connectivity index (χ2n) is 3.53. The zero-order valence-electron chi connectivity index (χ0n) is 9.47. The fourth-order valence-electron chi connectivity index (χ4n) is 1.57. The van der Waals surface area contributed by atoms with Gasteiger partial charge in [-0.1, -0.05) is 30.3 Å². The summed E-state index contributed by atoms with van der Waals surface area (Å²) >= 11 is 4.41. The highest BCUT2D eigenvalue weighted by Crippen LogP contribution is 2.25. The number of aliphatic imine (C=N–C) groups is 1. The number of hydrogen-bond acceptors (Lipinski definition) is 3. The molecule has 0 aliphatic heterocycles. The van der Waals surface area contributed by atoms with E-state index in [4.69, 9.17) is 4.74 Å². The normalized spacial score (nSPS) is 9.61. The van der Waals surface area contributed by atoms with Crippen molar-refractivity contribution in [2.45, 2.75) is 0 Å². The van der Waals surface area contributed by atoms with Gasteiger partial charge < -0.3 is 4.74 Å². The molecule has 0 heterocycles. The van der Waals surface area contributed by atoms with Crippen LogP contribution >= 0.6 is 12.2 Å². The fraction of sp³-hybridized carbons (Fsp3) is 0.0714. The minimum Gasteiger partial charge on any atom is -0.470 e. The molecule has 0 unspecified atom stereocenters. The maximum absolute atomic E-state index is 13.9. The average molecular weight is 259 g/mol. The number of hydrogen-bond donors (Lipinski definition) is 0. The molecule has 0 N–H and O–H groups in total. The lowest BCUT2D eigenvalue weighted by atomic mass is 10.1. The van der Waals surface area contributed by atoms with Crippen LogP contribution in [0, 0.1) is 5.82 Å². The van der Waals surface area contributed by atoms with Crippen LogP contribution in [-0.4, -0.2) is 11.9 Å². The Kier molecular flexibility index (Phi) is 4.18. The summed E-state index contributed by atoms with van der Waals surface area (Å²) in [6, 6.07) is 14.1. The second-order valence-corrected chi connectivity index (χ2v) is 3.71. The van der Waals surface area contributed by atoms with Crippen molar-refractivity contribution in [1.29, 1.82) is 0 Å². The summed E-state index contributed by atoms with van der Waals surface area (Å²) in [6.45, 7) is 0.0492. The van der Waals surface area contributed by atoms with Gasteiger partial charge in [0, 0.05) is 11.6 Å². The topological polar surface area (TPSA) is 21.6 Å². The smallest absolute Gasteiger partial charge is 0.188 e.